The molecule has 2 heterocycles. The highest BCUT2D eigenvalue weighted by Gasteiger charge is 2.31. The summed E-state index contributed by atoms with van der Waals surface area (Å²) in [5.41, 5.74) is 3.06. The van der Waals surface area contributed by atoms with Gasteiger partial charge in [-0.25, -0.2) is 0 Å². The summed E-state index contributed by atoms with van der Waals surface area (Å²) in [7, 11) is 0. The van der Waals surface area contributed by atoms with Gasteiger partial charge in [0, 0.05) is 32.3 Å². The van der Waals surface area contributed by atoms with Gasteiger partial charge >= 0.3 is 0 Å². The smallest absolute Gasteiger partial charge is 0.248 e. The third-order valence-electron chi connectivity index (χ3n) is 6.90. The zero-order valence-electron chi connectivity index (χ0n) is 17.9. The molecule has 2 aliphatic heterocycles. The molecular formula is C24H36N2O3. The summed E-state index contributed by atoms with van der Waals surface area (Å²) in [6.07, 6.45) is 7.13. The molecule has 160 valence electrons. The first-order valence-electron chi connectivity index (χ1n) is 11.5. The molecule has 29 heavy (non-hydrogen) atoms. The largest absolute Gasteiger partial charge is 0.376 e. The number of fused-ring (bicyclic) bond motifs is 1. The Morgan fingerprint density at radius 3 is 2.48 bits per heavy atom. The summed E-state index contributed by atoms with van der Waals surface area (Å²) in [5, 5.41) is 0. The first kappa shape index (κ1) is 20.8. The zero-order valence-corrected chi connectivity index (χ0v) is 17.9. The molecule has 3 aliphatic rings. The maximum absolute atomic E-state index is 12.7. The number of carbonyl (C=O) groups excluding carboxylic acids is 1. The molecule has 4 rings (SSSR count). The van der Waals surface area contributed by atoms with Crippen LogP contribution in [0.2, 0.25) is 0 Å². The molecule has 0 radical (unpaired) electrons. The number of hydrogen-bond donors (Lipinski definition) is 0. The Hall–Kier alpha value is -1.43. The number of hydrogen-bond acceptors (Lipinski definition) is 4. The molecule has 1 aromatic carbocycles. The van der Waals surface area contributed by atoms with Crippen molar-refractivity contribution in [2.75, 3.05) is 46.0 Å². The SMILES string of the molecule is CCOCC(=O)N(CC1CCN(C2Cc3ccccc3C2)CC1)CC1CCCO1. The Morgan fingerprint density at radius 1 is 1.14 bits per heavy atom. The van der Waals surface area contributed by atoms with Gasteiger partial charge in [0.1, 0.15) is 6.61 Å². The van der Waals surface area contributed by atoms with Gasteiger partial charge in [0.15, 0.2) is 0 Å². The van der Waals surface area contributed by atoms with E-state index < -0.39 is 0 Å². The van der Waals surface area contributed by atoms with Crippen LogP contribution in [0.25, 0.3) is 0 Å². The molecule has 1 aromatic rings. The van der Waals surface area contributed by atoms with Gasteiger partial charge in [0.25, 0.3) is 0 Å². The number of rotatable bonds is 8. The maximum atomic E-state index is 12.7. The van der Waals surface area contributed by atoms with Crippen molar-refractivity contribution in [2.24, 2.45) is 5.92 Å². The molecule has 1 unspecified atom stereocenters. The summed E-state index contributed by atoms with van der Waals surface area (Å²) in [6.45, 7) is 7.43. The third kappa shape index (κ3) is 5.39. The Bertz CT molecular complexity index is 641. The van der Waals surface area contributed by atoms with E-state index in [0.29, 0.717) is 18.6 Å². The van der Waals surface area contributed by atoms with Gasteiger partial charge in [-0.2, -0.15) is 0 Å². The lowest BCUT2D eigenvalue weighted by molar-refractivity contribution is -0.138. The molecule has 5 nitrogen and oxygen atoms in total. The highest BCUT2D eigenvalue weighted by molar-refractivity contribution is 5.77. The zero-order chi connectivity index (χ0) is 20.1. The number of likely N-dealkylation sites (tertiary alicyclic amines) is 1. The van der Waals surface area contributed by atoms with Crippen molar-refractivity contribution in [1.29, 1.82) is 0 Å². The monoisotopic (exact) mass is 400 g/mol. The quantitative estimate of drug-likeness (QED) is 0.673. The van der Waals surface area contributed by atoms with E-state index in [1.807, 2.05) is 11.8 Å². The lowest BCUT2D eigenvalue weighted by atomic mass is 9.94. The standard InChI is InChI=1S/C24H36N2O3/c1-2-28-18-24(27)26(17-23-8-5-13-29-23)16-19-9-11-25(12-10-19)22-14-20-6-3-4-7-21(20)15-22/h3-4,6-7,19,22-23H,2,5,8-18H2,1H3. The minimum Gasteiger partial charge on any atom is -0.376 e. The van der Waals surface area contributed by atoms with Crippen molar-refractivity contribution in [3.63, 3.8) is 0 Å². The second kappa shape index (κ2) is 10.1. The first-order chi connectivity index (χ1) is 14.2. The van der Waals surface area contributed by atoms with Crippen LogP contribution < -0.4 is 0 Å². The summed E-state index contributed by atoms with van der Waals surface area (Å²) in [4.78, 5) is 17.4. The number of amides is 1. The van der Waals surface area contributed by atoms with Crippen LogP contribution in [0.5, 0.6) is 0 Å². The topological polar surface area (TPSA) is 42.0 Å². The molecular weight excluding hydrogens is 364 g/mol. The van der Waals surface area contributed by atoms with Crippen molar-refractivity contribution in [2.45, 2.75) is 57.6 Å². The van der Waals surface area contributed by atoms with Crippen LogP contribution in [-0.2, 0) is 27.1 Å². The van der Waals surface area contributed by atoms with Gasteiger partial charge in [0.2, 0.25) is 5.91 Å². The summed E-state index contributed by atoms with van der Waals surface area (Å²) < 4.78 is 11.2. The van der Waals surface area contributed by atoms with Crippen LogP contribution in [0.3, 0.4) is 0 Å². The van der Waals surface area contributed by atoms with E-state index >= 15 is 0 Å². The van der Waals surface area contributed by atoms with Crippen molar-refractivity contribution < 1.29 is 14.3 Å². The first-order valence-corrected chi connectivity index (χ1v) is 11.5. The van der Waals surface area contributed by atoms with Gasteiger partial charge in [0.05, 0.1) is 6.10 Å². The molecule has 1 amide bonds. The lowest BCUT2D eigenvalue weighted by Gasteiger charge is -2.38. The lowest BCUT2D eigenvalue weighted by Crippen LogP contribution is -2.47. The van der Waals surface area contributed by atoms with Gasteiger partial charge in [-0.15, -0.1) is 0 Å². The molecule has 1 atom stereocenters. The molecule has 0 N–H and O–H groups in total. The van der Waals surface area contributed by atoms with Crippen molar-refractivity contribution in [3.8, 4) is 0 Å². The average Bonchev–Trinajstić information content (AvgIpc) is 3.41. The van der Waals surface area contributed by atoms with E-state index in [0.717, 1.165) is 45.6 Å². The van der Waals surface area contributed by atoms with E-state index in [4.69, 9.17) is 9.47 Å². The molecule has 0 bridgehead atoms. The minimum absolute atomic E-state index is 0.121. The fraction of sp³-hybridized carbons (Fsp3) is 0.708. The molecule has 0 aromatic heterocycles. The van der Waals surface area contributed by atoms with E-state index in [-0.39, 0.29) is 18.6 Å². The molecule has 0 spiro atoms. The Morgan fingerprint density at radius 2 is 1.86 bits per heavy atom. The van der Waals surface area contributed by atoms with Crippen LogP contribution >= 0.6 is 0 Å². The van der Waals surface area contributed by atoms with Gasteiger partial charge in [-0.3, -0.25) is 9.69 Å². The number of piperidine rings is 1. The fourth-order valence-corrected chi connectivity index (χ4v) is 5.20. The second-order valence-corrected chi connectivity index (χ2v) is 8.88. The predicted octanol–water partition coefficient (Wildman–Crippen LogP) is 2.91. The van der Waals surface area contributed by atoms with E-state index in [2.05, 4.69) is 29.2 Å². The highest BCUT2D eigenvalue weighted by atomic mass is 16.5. The van der Waals surface area contributed by atoms with Crippen LogP contribution in [0.1, 0.15) is 43.7 Å². The van der Waals surface area contributed by atoms with Crippen LogP contribution in [-0.4, -0.2) is 73.9 Å². The number of carbonyl (C=O) groups is 1. The molecule has 1 aliphatic carbocycles. The minimum atomic E-state index is 0.121. The number of ether oxygens (including phenoxy) is 2. The van der Waals surface area contributed by atoms with Gasteiger partial charge in [-0.05, 0) is 75.6 Å². The Kier molecular flexibility index (Phi) is 7.22. The summed E-state index contributed by atoms with van der Waals surface area (Å²) in [6, 6.07) is 9.56. The second-order valence-electron chi connectivity index (χ2n) is 8.88. The molecule has 2 saturated heterocycles. The Labute approximate surface area is 175 Å². The predicted molar refractivity (Wildman–Crippen MR) is 114 cm³/mol. The Balaban J connectivity index is 1.27. The van der Waals surface area contributed by atoms with Crippen molar-refractivity contribution >= 4 is 5.91 Å². The van der Waals surface area contributed by atoms with E-state index in [1.54, 1.807) is 0 Å². The van der Waals surface area contributed by atoms with Crippen molar-refractivity contribution in [1.82, 2.24) is 9.80 Å². The van der Waals surface area contributed by atoms with Crippen LogP contribution in [0.4, 0.5) is 0 Å². The molecule has 2 fully saturated rings. The van der Waals surface area contributed by atoms with Gasteiger partial charge in [-0.1, -0.05) is 24.3 Å². The fourth-order valence-electron chi connectivity index (χ4n) is 5.20. The summed E-state index contributed by atoms with van der Waals surface area (Å²) >= 11 is 0. The normalized spacial score (nSPS) is 23.4. The number of benzene rings is 1. The van der Waals surface area contributed by atoms with E-state index in [1.165, 1.54) is 36.8 Å². The van der Waals surface area contributed by atoms with Crippen LogP contribution in [0.15, 0.2) is 24.3 Å². The highest BCUT2D eigenvalue weighted by Crippen LogP contribution is 2.29. The molecule has 5 heteroatoms. The average molecular weight is 401 g/mol. The van der Waals surface area contributed by atoms with E-state index in [9.17, 15) is 4.79 Å². The number of nitrogens with zero attached hydrogens (tertiary/aromatic N) is 2. The third-order valence-corrected chi connectivity index (χ3v) is 6.90. The van der Waals surface area contributed by atoms with Crippen molar-refractivity contribution in [3.05, 3.63) is 35.4 Å². The van der Waals surface area contributed by atoms with Crippen LogP contribution in [0, 0.1) is 5.92 Å². The van der Waals surface area contributed by atoms with Gasteiger partial charge < -0.3 is 14.4 Å². The molecule has 0 saturated carbocycles. The summed E-state index contributed by atoms with van der Waals surface area (Å²) in [5.74, 6) is 0.707. The maximum Gasteiger partial charge on any atom is 0.248 e.